The maximum Gasteiger partial charge on any atom is 0.177 e. The van der Waals surface area contributed by atoms with Crippen molar-refractivity contribution >= 4 is 35.2 Å². The Balaban J connectivity index is 1.86. The molecule has 0 spiro atoms. The van der Waals surface area contributed by atoms with Crippen molar-refractivity contribution in [2.45, 2.75) is 13.0 Å². The zero-order valence-corrected chi connectivity index (χ0v) is 13.1. The Kier molecular flexibility index (Phi) is 4.05. The summed E-state index contributed by atoms with van der Waals surface area (Å²) in [5.41, 5.74) is 2.29. The molecule has 3 aromatic rings. The molecule has 102 valence electrons. The summed E-state index contributed by atoms with van der Waals surface area (Å²) in [7, 11) is 0. The number of aryl methyl sites for hydroxylation is 1. The predicted molar refractivity (Wildman–Crippen MR) is 88.1 cm³/mol. The first-order chi connectivity index (χ1) is 9.74. The van der Waals surface area contributed by atoms with E-state index in [1.807, 2.05) is 30.5 Å². The molecule has 0 aliphatic heterocycles. The molecule has 0 fully saturated rings. The van der Waals surface area contributed by atoms with E-state index in [0.29, 0.717) is 0 Å². The normalized spacial score (nSPS) is 10.8. The average molecular weight is 321 g/mol. The smallest absolute Gasteiger partial charge is 0.177 e. The molecule has 0 radical (unpaired) electrons. The van der Waals surface area contributed by atoms with Gasteiger partial charge >= 0.3 is 0 Å². The number of rotatable bonds is 4. The summed E-state index contributed by atoms with van der Waals surface area (Å²) >= 11 is 13.0. The van der Waals surface area contributed by atoms with Gasteiger partial charge in [0.25, 0.3) is 0 Å². The fourth-order valence-corrected chi connectivity index (χ4v) is 3.50. The second kappa shape index (κ2) is 5.95. The van der Waals surface area contributed by atoms with Crippen LogP contribution in [0.3, 0.4) is 0 Å². The van der Waals surface area contributed by atoms with Gasteiger partial charge in [-0.25, -0.2) is 0 Å². The average Bonchev–Trinajstić information content (AvgIpc) is 3.04. The van der Waals surface area contributed by atoms with Crippen LogP contribution in [0.1, 0.15) is 4.88 Å². The number of nitrogens with one attached hydrogen (secondary N) is 1. The van der Waals surface area contributed by atoms with Gasteiger partial charge in [0.1, 0.15) is 0 Å². The van der Waals surface area contributed by atoms with Gasteiger partial charge in [-0.05, 0) is 36.3 Å². The van der Waals surface area contributed by atoms with Gasteiger partial charge in [-0.2, -0.15) is 0 Å². The lowest BCUT2D eigenvalue weighted by atomic mass is 10.1. The largest absolute Gasteiger partial charge is 0.337 e. The van der Waals surface area contributed by atoms with Crippen molar-refractivity contribution in [3.05, 3.63) is 62.6 Å². The third-order valence-corrected chi connectivity index (χ3v) is 4.78. The van der Waals surface area contributed by atoms with E-state index in [4.69, 9.17) is 23.8 Å². The van der Waals surface area contributed by atoms with E-state index in [1.165, 1.54) is 10.4 Å². The first kappa shape index (κ1) is 13.6. The molecule has 0 unspecified atom stereocenters. The quantitative estimate of drug-likeness (QED) is 0.658. The van der Waals surface area contributed by atoms with Crippen LogP contribution in [0.2, 0.25) is 4.34 Å². The van der Waals surface area contributed by atoms with E-state index < -0.39 is 0 Å². The van der Waals surface area contributed by atoms with Crippen molar-refractivity contribution in [1.82, 2.24) is 9.55 Å². The number of nitrogens with zero attached hydrogens (tertiary/aromatic N) is 1. The molecular formula is C15H13ClN2S2. The number of hydrogen-bond acceptors (Lipinski definition) is 2. The Morgan fingerprint density at radius 2 is 1.95 bits per heavy atom. The third-order valence-electron chi connectivity index (χ3n) is 3.15. The first-order valence-corrected chi connectivity index (χ1v) is 7.92. The van der Waals surface area contributed by atoms with Crippen molar-refractivity contribution in [1.29, 1.82) is 0 Å². The van der Waals surface area contributed by atoms with Crippen LogP contribution in [0.25, 0.3) is 11.3 Å². The molecule has 0 bridgehead atoms. The van der Waals surface area contributed by atoms with E-state index in [1.54, 1.807) is 11.3 Å². The lowest BCUT2D eigenvalue weighted by Crippen LogP contribution is -2.02. The Morgan fingerprint density at radius 3 is 2.65 bits per heavy atom. The summed E-state index contributed by atoms with van der Waals surface area (Å²) < 4.78 is 3.73. The molecule has 0 aliphatic rings. The Morgan fingerprint density at radius 1 is 1.15 bits per heavy atom. The molecule has 0 aliphatic carbocycles. The van der Waals surface area contributed by atoms with Crippen molar-refractivity contribution in [3.63, 3.8) is 0 Å². The lowest BCUT2D eigenvalue weighted by Gasteiger charge is -2.07. The maximum absolute atomic E-state index is 5.96. The fourth-order valence-electron chi connectivity index (χ4n) is 2.17. The highest BCUT2D eigenvalue weighted by Gasteiger charge is 2.07. The number of imidazole rings is 1. The number of hydrogen-bond donors (Lipinski definition) is 1. The van der Waals surface area contributed by atoms with Gasteiger partial charge in [0, 0.05) is 17.6 Å². The van der Waals surface area contributed by atoms with E-state index in [-0.39, 0.29) is 0 Å². The molecule has 2 aromatic heterocycles. The Bertz CT molecular complexity index is 756. The molecule has 0 saturated carbocycles. The predicted octanol–water partition coefficient (Wildman–Crippen LogP) is 5.17. The van der Waals surface area contributed by atoms with E-state index >= 15 is 0 Å². The van der Waals surface area contributed by atoms with Crippen molar-refractivity contribution in [2.24, 2.45) is 0 Å². The minimum atomic E-state index is 0.756. The van der Waals surface area contributed by atoms with Gasteiger partial charge in [-0.1, -0.05) is 41.9 Å². The number of halogens is 1. The van der Waals surface area contributed by atoms with E-state index in [2.05, 4.69) is 27.8 Å². The van der Waals surface area contributed by atoms with Gasteiger partial charge in [0.05, 0.1) is 10.0 Å². The van der Waals surface area contributed by atoms with Gasteiger partial charge < -0.3 is 9.55 Å². The summed E-state index contributed by atoms with van der Waals surface area (Å²) in [4.78, 5) is 4.41. The van der Waals surface area contributed by atoms with Crippen LogP contribution in [0.15, 0.2) is 48.7 Å². The Labute approximate surface area is 131 Å². The van der Waals surface area contributed by atoms with Crippen LogP contribution in [0.5, 0.6) is 0 Å². The number of thiophene rings is 1. The van der Waals surface area contributed by atoms with Gasteiger partial charge in [0.15, 0.2) is 4.77 Å². The standard InChI is InChI=1S/C15H13ClN2S2/c16-14-7-6-12(20-14)8-9-18-13(10-17-15(18)19)11-4-2-1-3-5-11/h1-7,10H,8-9H2,(H,17,19). The molecule has 1 aromatic carbocycles. The molecule has 20 heavy (non-hydrogen) atoms. The highest BCUT2D eigenvalue weighted by Crippen LogP contribution is 2.24. The minimum absolute atomic E-state index is 0.756. The minimum Gasteiger partial charge on any atom is -0.337 e. The SMILES string of the molecule is S=c1[nH]cc(-c2ccccc2)n1CCc1ccc(Cl)s1. The van der Waals surface area contributed by atoms with Gasteiger partial charge in [-0.15, -0.1) is 11.3 Å². The molecule has 1 N–H and O–H groups in total. The summed E-state index contributed by atoms with van der Waals surface area (Å²) in [5, 5.41) is 0. The van der Waals surface area contributed by atoms with Gasteiger partial charge in [-0.3, -0.25) is 0 Å². The fraction of sp³-hybridized carbons (Fsp3) is 0.133. The second-order valence-electron chi connectivity index (χ2n) is 4.45. The first-order valence-electron chi connectivity index (χ1n) is 6.32. The van der Waals surface area contributed by atoms with Gasteiger partial charge in [0.2, 0.25) is 0 Å². The summed E-state index contributed by atoms with van der Waals surface area (Å²) in [5.74, 6) is 0. The lowest BCUT2D eigenvalue weighted by molar-refractivity contribution is 0.698. The molecule has 0 atom stereocenters. The molecule has 0 saturated heterocycles. The third kappa shape index (κ3) is 2.87. The topological polar surface area (TPSA) is 20.7 Å². The zero-order valence-electron chi connectivity index (χ0n) is 10.7. The maximum atomic E-state index is 5.96. The van der Waals surface area contributed by atoms with Crippen LogP contribution in [0, 0.1) is 4.77 Å². The number of aromatic nitrogens is 2. The summed E-state index contributed by atoms with van der Waals surface area (Å²) in [6.45, 7) is 0.851. The molecular weight excluding hydrogens is 308 g/mol. The van der Waals surface area contributed by atoms with Crippen molar-refractivity contribution in [2.75, 3.05) is 0 Å². The van der Waals surface area contributed by atoms with E-state index in [9.17, 15) is 0 Å². The van der Waals surface area contributed by atoms with Crippen LogP contribution in [-0.2, 0) is 13.0 Å². The number of aromatic amines is 1. The van der Waals surface area contributed by atoms with Crippen molar-refractivity contribution in [3.8, 4) is 11.3 Å². The van der Waals surface area contributed by atoms with Crippen LogP contribution in [-0.4, -0.2) is 9.55 Å². The van der Waals surface area contributed by atoms with Crippen LogP contribution < -0.4 is 0 Å². The van der Waals surface area contributed by atoms with Crippen LogP contribution in [0.4, 0.5) is 0 Å². The number of H-pyrrole nitrogens is 1. The monoisotopic (exact) mass is 320 g/mol. The van der Waals surface area contributed by atoms with E-state index in [0.717, 1.165) is 27.8 Å². The second-order valence-corrected chi connectivity index (χ2v) is 6.64. The molecule has 2 heterocycles. The molecule has 0 amide bonds. The highest BCUT2D eigenvalue weighted by molar-refractivity contribution is 7.71. The van der Waals surface area contributed by atoms with Crippen molar-refractivity contribution < 1.29 is 0 Å². The molecule has 5 heteroatoms. The Hall–Kier alpha value is -1.36. The zero-order chi connectivity index (χ0) is 13.9. The summed E-state index contributed by atoms with van der Waals surface area (Å²) in [6.07, 6.45) is 2.91. The molecule has 2 nitrogen and oxygen atoms in total. The highest BCUT2D eigenvalue weighted by atomic mass is 35.5. The number of benzene rings is 1. The summed E-state index contributed by atoms with van der Waals surface area (Å²) in [6, 6.07) is 14.3. The molecule has 3 rings (SSSR count). The van der Waals surface area contributed by atoms with Crippen LogP contribution >= 0.6 is 35.2 Å².